The zero-order chi connectivity index (χ0) is 13.0. The van der Waals surface area contributed by atoms with Crippen LogP contribution in [-0.4, -0.2) is 15.7 Å². The average Bonchev–Trinajstić information content (AvgIpc) is 2.79. The van der Waals surface area contributed by atoms with Gasteiger partial charge in [-0.15, -0.1) is 0 Å². The molecule has 6 heteroatoms. The lowest BCUT2D eigenvalue weighted by Gasteiger charge is -2.03. The fraction of sp³-hybridized carbons (Fsp3) is 0.0833. The van der Waals surface area contributed by atoms with E-state index in [2.05, 4.69) is 10.4 Å². The Bertz CT molecular complexity index is 597. The number of nitrogens with zero attached hydrogens (tertiary/aromatic N) is 3. The van der Waals surface area contributed by atoms with Crippen LogP contribution in [0.2, 0.25) is 0 Å². The van der Waals surface area contributed by atoms with Crippen molar-refractivity contribution in [3.8, 4) is 5.40 Å². The molecule has 90 valence electrons. The number of aromatic nitrogens is 2. The Hall–Kier alpha value is -2.26. The third kappa shape index (κ3) is 2.90. The molecular formula is C12H10N4OS. The molecule has 0 aliphatic carbocycles. The van der Waals surface area contributed by atoms with E-state index in [0.29, 0.717) is 11.3 Å². The molecule has 0 aliphatic heterocycles. The molecule has 0 aliphatic rings. The van der Waals surface area contributed by atoms with Crippen molar-refractivity contribution in [1.82, 2.24) is 9.78 Å². The van der Waals surface area contributed by atoms with Crippen molar-refractivity contribution >= 4 is 23.4 Å². The van der Waals surface area contributed by atoms with Crippen molar-refractivity contribution in [2.45, 2.75) is 4.90 Å². The lowest BCUT2D eigenvalue weighted by molar-refractivity contribution is 0.102. The monoisotopic (exact) mass is 258 g/mol. The number of thiocyanates is 1. The average molecular weight is 258 g/mol. The molecular weight excluding hydrogens is 248 g/mol. The van der Waals surface area contributed by atoms with Gasteiger partial charge in [0.15, 0.2) is 0 Å². The van der Waals surface area contributed by atoms with Crippen LogP contribution in [0.4, 0.5) is 5.69 Å². The summed E-state index contributed by atoms with van der Waals surface area (Å²) in [5, 5.41) is 17.2. The maximum atomic E-state index is 11.8. The van der Waals surface area contributed by atoms with E-state index < -0.39 is 0 Å². The molecule has 1 N–H and O–H groups in total. The second-order valence-electron chi connectivity index (χ2n) is 3.57. The number of nitriles is 1. The van der Waals surface area contributed by atoms with Crippen molar-refractivity contribution in [2.75, 3.05) is 5.32 Å². The molecule has 0 saturated carbocycles. The molecule has 0 fully saturated rings. The third-order valence-corrected chi connectivity index (χ3v) is 2.84. The van der Waals surface area contributed by atoms with E-state index in [1.807, 2.05) is 5.40 Å². The van der Waals surface area contributed by atoms with Crippen molar-refractivity contribution in [2.24, 2.45) is 7.05 Å². The molecule has 2 rings (SSSR count). The maximum Gasteiger partial charge on any atom is 0.258 e. The Morgan fingerprint density at radius 3 is 2.72 bits per heavy atom. The molecule has 0 radical (unpaired) electrons. The summed E-state index contributed by atoms with van der Waals surface area (Å²) in [7, 11) is 1.75. The van der Waals surface area contributed by atoms with Crippen LogP contribution < -0.4 is 5.32 Å². The molecule has 1 aromatic heterocycles. The quantitative estimate of drug-likeness (QED) is 0.677. The summed E-state index contributed by atoms with van der Waals surface area (Å²) < 4.78 is 1.57. The minimum absolute atomic E-state index is 0.205. The van der Waals surface area contributed by atoms with Crippen LogP contribution in [0.5, 0.6) is 0 Å². The predicted octanol–water partition coefficient (Wildman–Crippen LogP) is 2.25. The molecule has 1 heterocycles. The zero-order valence-corrected chi connectivity index (χ0v) is 10.4. The third-order valence-electron chi connectivity index (χ3n) is 2.24. The Morgan fingerprint density at radius 2 is 2.17 bits per heavy atom. The van der Waals surface area contributed by atoms with Gasteiger partial charge in [0.25, 0.3) is 5.91 Å². The van der Waals surface area contributed by atoms with Gasteiger partial charge in [-0.3, -0.25) is 9.48 Å². The van der Waals surface area contributed by atoms with E-state index in [0.717, 1.165) is 16.7 Å². The van der Waals surface area contributed by atoms with Gasteiger partial charge >= 0.3 is 0 Å². The van der Waals surface area contributed by atoms with E-state index in [1.165, 1.54) is 6.20 Å². The standard InChI is InChI=1S/C12H10N4OS/c1-16-7-9(6-14-16)12(17)15-10-2-4-11(5-3-10)18-8-13/h2-7H,1H3,(H,15,17). The van der Waals surface area contributed by atoms with Crippen molar-refractivity contribution < 1.29 is 4.79 Å². The lowest BCUT2D eigenvalue weighted by Crippen LogP contribution is -2.10. The maximum absolute atomic E-state index is 11.8. The molecule has 2 aromatic rings. The summed E-state index contributed by atoms with van der Waals surface area (Å²) in [6, 6.07) is 7.08. The molecule has 0 atom stereocenters. The minimum Gasteiger partial charge on any atom is -0.322 e. The summed E-state index contributed by atoms with van der Waals surface area (Å²) >= 11 is 1.08. The molecule has 5 nitrogen and oxygen atoms in total. The molecule has 0 spiro atoms. The SMILES string of the molecule is Cn1cc(C(=O)Nc2ccc(SC#N)cc2)cn1. The van der Waals surface area contributed by atoms with Crippen LogP contribution in [0.3, 0.4) is 0 Å². The summed E-state index contributed by atoms with van der Waals surface area (Å²) in [6.07, 6.45) is 3.16. The highest BCUT2D eigenvalue weighted by Gasteiger charge is 2.07. The molecule has 0 bridgehead atoms. The number of hydrogen-bond donors (Lipinski definition) is 1. The normalized spacial score (nSPS) is 9.78. The highest BCUT2D eigenvalue weighted by atomic mass is 32.2. The van der Waals surface area contributed by atoms with Crippen LogP contribution in [0.15, 0.2) is 41.6 Å². The number of hydrogen-bond acceptors (Lipinski definition) is 4. The summed E-state index contributed by atoms with van der Waals surface area (Å²) in [5.74, 6) is -0.205. The van der Waals surface area contributed by atoms with Gasteiger partial charge in [-0.2, -0.15) is 10.4 Å². The van der Waals surface area contributed by atoms with E-state index >= 15 is 0 Å². The van der Waals surface area contributed by atoms with Gasteiger partial charge in [0.05, 0.1) is 11.8 Å². The Kier molecular flexibility index (Phi) is 3.65. The first kappa shape index (κ1) is 12.2. The Morgan fingerprint density at radius 1 is 1.44 bits per heavy atom. The number of benzene rings is 1. The van der Waals surface area contributed by atoms with Gasteiger partial charge in [-0.25, -0.2) is 0 Å². The van der Waals surface area contributed by atoms with Gasteiger partial charge in [0.1, 0.15) is 5.40 Å². The number of thioether (sulfide) groups is 1. The topological polar surface area (TPSA) is 70.7 Å². The Labute approximate surface area is 108 Å². The Balaban J connectivity index is 2.05. The highest BCUT2D eigenvalue weighted by molar-refractivity contribution is 8.03. The van der Waals surface area contributed by atoms with Crippen LogP contribution in [0, 0.1) is 10.7 Å². The van der Waals surface area contributed by atoms with E-state index in [9.17, 15) is 4.79 Å². The number of aryl methyl sites for hydroxylation is 1. The van der Waals surface area contributed by atoms with E-state index in [-0.39, 0.29) is 5.91 Å². The molecule has 1 aromatic carbocycles. The second-order valence-corrected chi connectivity index (χ2v) is 4.43. The zero-order valence-electron chi connectivity index (χ0n) is 9.62. The van der Waals surface area contributed by atoms with Gasteiger partial charge in [-0.1, -0.05) is 0 Å². The fourth-order valence-corrected chi connectivity index (χ4v) is 1.78. The van der Waals surface area contributed by atoms with Crippen molar-refractivity contribution in [3.63, 3.8) is 0 Å². The van der Waals surface area contributed by atoms with Crippen LogP contribution >= 0.6 is 11.8 Å². The minimum atomic E-state index is -0.205. The first-order chi connectivity index (χ1) is 8.69. The number of nitrogens with one attached hydrogen (secondary N) is 1. The van der Waals surface area contributed by atoms with Gasteiger partial charge < -0.3 is 5.32 Å². The van der Waals surface area contributed by atoms with Gasteiger partial charge in [0.2, 0.25) is 0 Å². The molecule has 0 unspecified atom stereocenters. The molecule has 1 amide bonds. The first-order valence-electron chi connectivity index (χ1n) is 5.15. The predicted molar refractivity (Wildman–Crippen MR) is 69.1 cm³/mol. The summed E-state index contributed by atoms with van der Waals surface area (Å²) in [6.45, 7) is 0. The first-order valence-corrected chi connectivity index (χ1v) is 5.96. The number of carbonyl (C=O) groups is 1. The van der Waals surface area contributed by atoms with Gasteiger partial charge in [0, 0.05) is 23.8 Å². The van der Waals surface area contributed by atoms with Crippen molar-refractivity contribution in [3.05, 3.63) is 42.2 Å². The molecule has 0 saturated heterocycles. The summed E-state index contributed by atoms with van der Waals surface area (Å²) in [4.78, 5) is 12.7. The van der Waals surface area contributed by atoms with E-state index in [1.54, 1.807) is 42.2 Å². The smallest absolute Gasteiger partial charge is 0.258 e. The van der Waals surface area contributed by atoms with Crippen LogP contribution in [-0.2, 0) is 7.05 Å². The highest BCUT2D eigenvalue weighted by Crippen LogP contribution is 2.19. The van der Waals surface area contributed by atoms with Crippen LogP contribution in [0.25, 0.3) is 0 Å². The number of anilines is 1. The van der Waals surface area contributed by atoms with Gasteiger partial charge in [-0.05, 0) is 36.0 Å². The largest absolute Gasteiger partial charge is 0.322 e. The fourth-order valence-electron chi connectivity index (χ4n) is 1.40. The number of rotatable bonds is 3. The number of amides is 1. The number of carbonyl (C=O) groups excluding carboxylic acids is 1. The van der Waals surface area contributed by atoms with Crippen LogP contribution in [0.1, 0.15) is 10.4 Å². The summed E-state index contributed by atoms with van der Waals surface area (Å²) in [5.41, 5.74) is 1.19. The van der Waals surface area contributed by atoms with E-state index in [4.69, 9.17) is 5.26 Å². The van der Waals surface area contributed by atoms with Crippen molar-refractivity contribution in [1.29, 1.82) is 5.26 Å². The lowest BCUT2D eigenvalue weighted by atomic mass is 10.3. The second kappa shape index (κ2) is 5.38. The molecule has 18 heavy (non-hydrogen) atoms.